The lowest BCUT2D eigenvalue weighted by atomic mass is 9.84. The SMILES string of the molecule is COc1ccc(C(=O)NC2CCN3CCc4cc5c(cc4C3C2)OCO5)cc1. The highest BCUT2D eigenvalue weighted by atomic mass is 16.7. The molecule has 0 spiro atoms. The van der Waals surface area contributed by atoms with E-state index in [1.807, 2.05) is 12.1 Å². The smallest absolute Gasteiger partial charge is 0.251 e. The molecule has 3 aliphatic rings. The Kier molecular flexibility index (Phi) is 4.36. The number of nitrogens with one attached hydrogen (secondary N) is 1. The molecule has 0 saturated carbocycles. The van der Waals surface area contributed by atoms with Gasteiger partial charge in [0.15, 0.2) is 11.5 Å². The number of methoxy groups -OCH3 is 1. The zero-order chi connectivity index (χ0) is 19.1. The monoisotopic (exact) mass is 380 g/mol. The van der Waals surface area contributed by atoms with Crippen molar-refractivity contribution in [3.05, 3.63) is 53.1 Å². The van der Waals surface area contributed by atoms with Crippen LogP contribution < -0.4 is 19.5 Å². The van der Waals surface area contributed by atoms with Gasteiger partial charge in [-0.3, -0.25) is 9.69 Å². The number of benzene rings is 2. The number of fused-ring (bicyclic) bond motifs is 4. The van der Waals surface area contributed by atoms with Gasteiger partial charge in [-0.15, -0.1) is 0 Å². The van der Waals surface area contributed by atoms with E-state index in [4.69, 9.17) is 14.2 Å². The fourth-order valence-electron chi connectivity index (χ4n) is 4.54. The number of amides is 1. The van der Waals surface area contributed by atoms with Gasteiger partial charge in [0.05, 0.1) is 7.11 Å². The quantitative estimate of drug-likeness (QED) is 0.887. The summed E-state index contributed by atoms with van der Waals surface area (Å²) in [6, 6.07) is 12.0. The second-order valence-electron chi connectivity index (χ2n) is 7.63. The number of piperidine rings is 1. The van der Waals surface area contributed by atoms with Crippen LogP contribution in [0, 0.1) is 0 Å². The van der Waals surface area contributed by atoms with Gasteiger partial charge in [0.1, 0.15) is 5.75 Å². The Morgan fingerprint density at radius 3 is 2.71 bits per heavy atom. The molecule has 2 aromatic carbocycles. The molecule has 1 saturated heterocycles. The van der Waals surface area contributed by atoms with Gasteiger partial charge in [0, 0.05) is 30.7 Å². The number of carbonyl (C=O) groups is 1. The van der Waals surface area contributed by atoms with Crippen LogP contribution in [0.5, 0.6) is 17.2 Å². The highest BCUT2D eigenvalue weighted by Crippen LogP contribution is 2.43. The molecule has 2 aromatic rings. The molecular formula is C22H24N2O4. The van der Waals surface area contributed by atoms with Gasteiger partial charge >= 0.3 is 0 Å². The van der Waals surface area contributed by atoms with Crippen molar-refractivity contribution in [2.45, 2.75) is 31.3 Å². The highest BCUT2D eigenvalue weighted by molar-refractivity contribution is 5.94. The van der Waals surface area contributed by atoms with Gasteiger partial charge in [0.25, 0.3) is 5.91 Å². The molecule has 2 unspecified atom stereocenters. The van der Waals surface area contributed by atoms with E-state index in [-0.39, 0.29) is 11.9 Å². The molecule has 0 radical (unpaired) electrons. The number of nitrogens with zero attached hydrogens (tertiary/aromatic N) is 1. The van der Waals surface area contributed by atoms with E-state index >= 15 is 0 Å². The van der Waals surface area contributed by atoms with Crippen LogP contribution >= 0.6 is 0 Å². The summed E-state index contributed by atoms with van der Waals surface area (Å²) >= 11 is 0. The van der Waals surface area contributed by atoms with Gasteiger partial charge < -0.3 is 19.5 Å². The minimum absolute atomic E-state index is 0.0252. The Balaban J connectivity index is 1.32. The van der Waals surface area contributed by atoms with Crippen molar-refractivity contribution in [3.8, 4) is 17.2 Å². The summed E-state index contributed by atoms with van der Waals surface area (Å²) in [5.74, 6) is 2.42. The number of rotatable bonds is 3. The van der Waals surface area contributed by atoms with Crippen molar-refractivity contribution >= 4 is 5.91 Å². The molecule has 0 bridgehead atoms. The first-order valence-corrected chi connectivity index (χ1v) is 9.82. The molecule has 3 heterocycles. The van der Waals surface area contributed by atoms with Gasteiger partial charge in [-0.2, -0.15) is 0 Å². The van der Waals surface area contributed by atoms with Crippen LogP contribution in [0.4, 0.5) is 0 Å². The lowest BCUT2D eigenvalue weighted by Gasteiger charge is -2.43. The predicted octanol–water partition coefficient (Wildman–Crippen LogP) is 2.92. The van der Waals surface area contributed by atoms with E-state index in [1.165, 1.54) is 11.1 Å². The molecule has 2 atom stereocenters. The minimum Gasteiger partial charge on any atom is -0.497 e. The average Bonchev–Trinajstić information content (AvgIpc) is 3.19. The molecular weight excluding hydrogens is 356 g/mol. The summed E-state index contributed by atoms with van der Waals surface area (Å²) in [6.45, 7) is 2.34. The molecule has 3 aliphatic heterocycles. The highest BCUT2D eigenvalue weighted by Gasteiger charge is 2.35. The molecule has 28 heavy (non-hydrogen) atoms. The molecule has 1 fully saturated rings. The first kappa shape index (κ1) is 17.4. The average molecular weight is 380 g/mol. The Labute approximate surface area is 164 Å². The van der Waals surface area contributed by atoms with E-state index in [1.54, 1.807) is 19.2 Å². The van der Waals surface area contributed by atoms with Crippen LogP contribution in [0.2, 0.25) is 0 Å². The number of carbonyl (C=O) groups excluding carboxylic acids is 1. The van der Waals surface area contributed by atoms with Crippen LogP contribution in [0.1, 0.15) is 40.4 Å². The van der Waals surface area contributed by atoms with E-state index in [0.29, 0.717) is 18.4 Å². The molecule has 0 aromatic heterocycles. The lowest BCUT2D eigenvalue weighted by Crippen LogP contribution is -2.48. The molecule has 1 amide bonds. The minimum atomic E-state index is -0.0252. The topological polar surface area (TPSA) is 60.0 Å². The number of ether oxygens (including phenoxy) is 3. The predicted molar refractivity (Wildman–Crippen MR) is 104 cm³/mol. The molecule has 5 rings (SSSR count). The zero-order valence-corrected chi connectivity index (χ0v) is 15.9. The normalized spacial score (nSPS) is 22.9. The van der Waals surface area contributed by atoms with Crippen molar-refractivity contribution in [2.75, 3.05) is 27.0 Å². The molecule has 1 N–H and O–H groups in total. The van der Waals surface area contributed by atoms with E-state index in [0.717, 1.165) is 49.6 Å². The number of hydrogen-bond donors (Lipinski definition) is 1. The van der Waals surface area contributed by atoms with Crippen molar-refractivity contribution in [3.63, 3.8) is 0 Å². The second-order valence-corrected chi connectivity index (χ2v) is 7.63. The van der Waals surface area contributed by atoms with Crippen molar-refractivity contribution in [1.82, 2.24) is 10.2 Å². The van der Waals surface area contributed by atoms with Crippen LogP contribution in [0.15, 0.2) is 36.4 Å². The summed E-state index contributed by atoms with van der Waals surface area (Å²) in [7, 11) is 1.62. The summed E-state index contributed by atoms with van der Waals surface area (Å²) in [5, 5.41) is 3.23. The molecule has 146 valence electrons. The summed E-state index contributed by atoms with van der Waals surface area (Å²) in [4.78, 5) is 15.2. The maximum atomic E-state index is 12.7. The molecule has 0 aliphatic carbocycles. The number of hydrogen-bond acceptors (Lipinski definition) is 5. The first-order chi connectivity index (χ1) is 13.7. The van der Waals surface area contributed by atoms with E-state index < -0.39 is 0 Å². The van der Waals surface area contributed by atoms with E-state index in [9.17, 15) is 4.79 Å². The second kappa shape index (κ2) is 7.02. The third-order valence-electron chi connectivity index (χ3n) is 6.06. The van der Waals surface area contributed by atoms with Crippen molar-refractivity contribution in [1.29, 1.82) is 0 Å². The summed E-state index contributed by atoms with van der Waals surface area (Å²) in [5.41, 5.74) is 3.32. The fourth-order valence-corrected chi connectivity index (χ4v) is 4.54. The zero-order valence-electron chi connectivity index (χ0n) is 15.9. The third-order valence-corrected chi connectivity index (χ3v) is 6.06. The first-order valence-electron chi connectivity index (χ1n) is 9.82. The van der Waals surface area contributed by atoms with Crippen LogP contribution in [-0.2, 0) is 6.42 Å². The van der Waals surface area contributed by atoms with Gasteiger partial charge in [0.2, 0.25) is 6.79 Å². The van der Waals surface area contributed by atoms with Crippen molar-refractivity contribution < 1.29 is 19.0 Å². The fraction of sp³-hybridized carbons (Fsp3) is 0.409. The maximum Gasteiger partial charge on any atom is 0.251 e. The summed E-state index contributed by atoms with van der Waals surface area (Å²) in [6.07, 6.45) is 2.91. The largest absolute Gasteiger partial charge is 0.497 e. The van der Waals surface area contributed by atoms with Crippen LogP contribution in [0.3, 0.4) is 0 Å². The maximum absolute atomic E-state index is 12.7. The van der Waals surface area contributed by atoms with Crippen LogP contribution in [0.25, 0.3) is 0 Å². The van der Waals surface area contributed by atoms with E-state index in [2.05, 4.69) is 22.3 Å². The molecule has 6 heteroatoms. The van der Waals surface area contributed by atoms with Gasteiger partial charge in [-0.1, -0.05) is 0 Å². The van der Waals surface area contributed by atoms with Gasteiger partial charge in [-0.05, 0) is 66.8 Å². The summed E-state index contributed by atoms with van der Waals surface area (Å²) < 4.78 is 16.3. The Morgan fingerprint density at radius 2 is 1.93 bits per heavy atom. The molecule has 6 nitrogen and oxygen atoms in total. The Bertz CT molecular complexity index is 896. The van der Waals surface area contributed by atoms with Gasteiger partial charge in [-0.25, -0.2) is 0 Å². The standard InChI is InChI=1S/C22H24N2O4/c1-26-17-4-2-14(3-5-17)22(25)23-16-7-9-24-8-6-15-10-20-21(28-13-27-20)12-18(15)19(24)11-16/h2-5,10,12,16,19H,6-9,11,13H2,1H3,(H,23,25). The third kappa shape index (κ3) is 3.07. The Morgan fingerprint density at radius 1 is 1.14 bits per heavy atom. The lowest BCUT2D eigenvalue weighted by molar-refractivity contribution is 0.0844. The van der Waals surface area contributed by atoms with Crippen LogP contribution in [-0.4, -0.2) is 43.8 Å². The van der Waals surface area contributed by atoms with Crippen molar-refractivity contribution in [2.24, 2.45) is 0 Å². The Hall–Kier alpha value is -2.73.